The predicted octanol–water partition coefficient (Wildman–Crippen LogP) is 1.49. The van der Waals surface area contributed by atoms with Crippen molar-refractivity contribution in [3.05, 3.63) is 0 Å². The molecule has 2 fully saturated rings. The van der Waals surface area contributed by atoms with Crippen molar-refractivity contribution in [2.24, 2.45) is 5.92 Å². The molecule has 3 unspecified atom stereocenters. The number of hydrogen-bond acceptors (Lipinski definition) is 3. The normalized spacial score (nSPS) is 41.4. The molecular weight excluding hydrogens is 200 g/mol. The fourth-order valence-corrected chi connectivity index (χ4v) is 3.24. The second-order valence-electron chi connectivity index (χ2n) is 5.80. The minimum absolute atomic E-state index is 0.131. The van der Waals surface area contributed by atoms with Crippen LogP contribution in [0.3, 0.4) is 0 Å². The van der Waals surface area contributed by atoms with Crippen LogP contribution >= 0.6 is 0 Å². The van der Waals surface area contributed by atoms with E-state index < -0.39 is 0 Å². The van der Waals surface area contributed by atoms with Crippen LogP contribution in [0.4, 0.5) is 0 Å². The van der Waals surface area contributed by atoms with E-state index >= 15 is 0 Å². The number of piperidine rings is 1. The Morgan fingerprint density at radius 2 is 2.31 bits per heavy atom. The molecular formula is C13H26N2O. The number of nitrogens with zero attached hydrogens (tertiary/aromatic N) is 1. The van der Waals surface area contributed by atoms with Crippen molar-refractivity contribution in [1.29, 1.82) is 0 Å². The predicted molar refractivity (Wildman–Crippen MR) is 66.7 cm³/mol. The average Bonchev–Trinajstić information content (AvgIpc) is 2.65. The lowest BCUT2D eigenvalue weighted by molar-refractivity contribution is -0.0194. The molecule has 2 saturated heterocycles. The van der Waals surface area contributed by atoms with Gasteiger partial charge in [-0.25, -0.2) is 0 Å². The van der Waals surface area contributed by atoms with Crippen LogP contribution in [0.1, 0.15) is 33.1 Å². The second kappa shape index (κ2) is 5.03. The molecule has 3 atom stereocenters. The number of rotatable bonds is 3. The Balaban J connectivity index is 1.83. The fourth-order valence-electron chi connectivity index (χ4n) is 3.24. The molecule has 0 saturated carbocycles. The molecule has 94 valence electrons. The zero-order valence-electron chi connectivity index (χ0n) is 11.0. The molecule has 2 rings (SSSR count). The third kappa shape index (κ3) is 2.76. The quantitative estimate of drug-likeness (QED) is 0.789. The Morgan fingerprint density at radius 1 is 1.50 bits per heavy atom. The largest absolute Gasteiger partial charge is 0.374 e. The van der Waals surface area contributed by atoms with Crippen molar-refractivity contribution in [2.75, 3.05) is 33.3 Å². The topological polar surface area (TPSA) is 24.5 Å². The number of hydrogen-bond donors (Lipinski definition) is 1. The minimum Gasteiger partial charge on any atom is -0.374 e. The lowest BCUT2D eigenvalue weighted by Crippen LogP contribution is -2.51. The highest BCUT2D eigenvalue weighted by molar-refractivity contribution is 4.88. The summed E-state index contributed by atoms with van der Waals surface area (Å²) in [4.78, 5) is 2.59. The Labute approximate surface area is 99.5 Å². The van der Waals surface area contributed by atoms with Gasteiger partial charge in [0.05, 0.1) is 5.60 Å². The Kier molecular flexibility index (Phi) is 3.88. The molecule has 0 aromatic heterocycles. The SMILES string of the molecule is CNC1CCN(CC2(C)CCCO2)CC1C. The molecule has 0 aliphatic carbocycles. The Hall–Kier alpha value is -0.120. The maximum atomic E-state index is 5.87. The van der Waals surface area contributed by atoms with E-state index in [1.165, 1.54) is 32.4 Å². The van der Waals surface area contributed by atoms with Gasteiger partial charge in [-0.2, -0.15) is 0 Å². The van der Waals surface area contributed by atoms with Gasteiger partial charge in [-0.05, 0) is 45.7 Å². The second-order valence-corrected chi connectivity index (χ2v) is 5.80. The molecule has 0 aromatic rings. The van der Waals surface area contributed by atoms with Crippen LogP contribution in [-0.4, -0.2) is 49.8 Å². The lowest BCUT2D eigenvalue weighted by Gasteiger charge is -2.40. The molecule has 0 bridgehead atoms. The van der Waals surface area contributed by atoms with E-state index in [0.29, 0.717) is 6.04 Å². The fraction of sp³-hybridized carbons (Fsp3) is 1.00. The third-order valence-electron chi connectivity index (χ3n) is 4.22. The highest BCUT2D eigenvalue weighted by Crippen LogP contribution is 2.28. The van der Waals surface area contributed by atoms with Crippen LogP contribution in [0.5, 0.6) is 0 Å². The summed E-state index contributed by atoms with van der Waals surface area (Å²) in [6, 6.07) is 0.702. The molecule has 0 spiro atoms. The molecule has 2 aliphatic heterocycles. The zero-order chi connectivity index (χ0) is 11.6. The molecule has 3 heteroatoms. The van der Waals surface area contributed by atoms with E-state index in [9.17, 15) is 0 Å². The molecule has 2 aliphatic rings. The summed E-state index contributed by atoms with van der Waals surface area (Å²) >= 11 is 0. The first-order valence-electron chi connectivity index (χ1n) is 6.66. The van der Waals surface area contributed by atoms with Crippen molar-refractivity contribution in [3.63, 3.8) is 0 Å². The van der Waals surface area contributed by atoms with Gasteiger partial charge in [0.1, 0.15) is 0 Å². The van der Waals surface area contributed by atoms with Crippen LogP contribution in [0.2, 0.25) is 0 Å². The molecule has 3 nitrogen and oxygen atoms in total. The first kappa shape index (κ1) is 12.3. The smallest absolute Gasteiger partial charge is 0.0781 e. The van der Waals surface area contributed by atoms with Gasteiger partial charge in [-0.15, -0.1) is 0 Å². The summed E-state index contributed by atoms with van der Waals surface area (Å²) in [6.45, 7) is 9.13. The van der Waals surface area contributed by atoms with E-state index in [1.807, 2.05) is 0 Å². The van der Waals surface area contributed by atoms with Gasteiger partial charge in [0.25, 0.3) is 0 Å². The molecule has 0 amide bonds. The number of ether oxygens (including phenoxy) is 1. The van der Waals surface area contributed by atoms with Crippen LogP contribution in [-0.2, 0) is 4.74 Å². The van der Waals surface area contributed by atoms with E-state index in [4.69, 9.17) is 4.74 Å². The Morgan fingerprint density at radius 3 is 2.88 bits per heavy atom. The monoisotopic (exact) mass is 226 g/mol. The van der Waals surface area contributed by atoms with Gasteiger partial charge in [0.2, 0.25) is 0 Å². The van der Waals surface area contributed by atoms with Crippen molar-refractivity contribution >= 4 is 0 Å². The Bertz CT molecular complexity index is 226. The maximum absolute atomic E-state index is 5.87. The summed E-state index contributed by atoms with van der Waals surface area (Å²) < 4.78 is 5.87. The summed E-state index contributed by atoms with van der Waals surface area (Å²) in [6.07, 6.45) is 3.74. The molecule has 2 heterocycles. The van der Waals surface area contributed by atoms with Crippen molar-refractivity contribution in [2.45, 2.75) is 44.8 Å². The molecule has 0 radical (unpaired) electrons. The minimum atomic E-state index is 0.131. The van der Waals surface area contributed by atoms with Crippen LogP contribution in [0, 0.1) is 5.92 Å². The van der Waals surface area contributed by atoms with E-state index in [0.717, 1.165) is 19.1 Å². The molecule has 16 heavy (non-hydrogen) atoms. The average molecular weight is 226 g/mol. The van der Waals surface area contributed by atoms with Gasteiger partial charge in [-0.3, -0.25) is 0 Å². The number of nitrogens with one attached hydrogen (secondary N) is 1. The third-order valence-corrected chi connectivity index (χ3v) is 4.22. The van der Waals surface area contributed by atoms with Gasteiger partial charge in [0.15, 0.2) is 0 Å². The lowest BCUT2D eigenvalue weighted by atomic mass is 9.92. The van der Waals surface area contributed by atoms with Gasteiger partial charge >= 0.3 is 0 Å². The van der Waals surface area contributed by atoms with Crippen molar-refractivity contribution in [3.8, 4) is 0 Å². The summed E-state index contributed by atoms with van der Waals surface area (Å²) in [5, 5.41) is 3.42. The van der Waals surface area contributed by atoms with Gasteiger partial charge < -0.3 is 15.0 Å². The standard InChI is InChI=1S/C13H26N2O/c1-11-9-15(7-5-12(11)14-3)10-13(2)6-4-8-16-13/h11-12,14H,4-10H2,1-3H3. The first-order valence-corrected chi connectivity index (χ1v) is 6.66. The number of likely N-dealkylation sites (tertiary alicyclic amines) is 1. The molecule has 0 aromatic carbocycles. The highest BCUT2D eigenvalue weighted by Gasteiger charge is 2.34. The van der Waals surface area contributed by atoms with E-state index in [1.54, 1.807) is 0 Å². The van der Waals surface area contributed by atoms with Crippen molar-refractivity contribution in [1.82, 2.24) is 10.2 Å². The van der Waals surface area contributed by atoms with Crippen LogP contribution < -0.4 is 5.32 Å². The highest BCUT2D eigenvalue weighted by atomic mass is 16.5. The molecule has 1 N–H and O–H groups in total. The van der Waals surface area contributed by atoms with Gasteiger partial charge in [0, 0.05) is 25.7 Å². The summed E-state index contributed by atoms with van der Waals surface area (Å²) in [5.74, 6) is 0.753. The van der Waals surface area contributed by atoms with Crippen molar-refractivity contribution < 1.29 is 4.74 Å². The summed E-state index contributed by atoms with van der Waals surface area (Å²) in [7, 11) is 2.08. The van der Waals surface area contributed by atoms with Gasteiger partial charge in [-0.1, -0.05) is 6.92 Å². The summed E-state index contributed by atoms with van der Waals surface area (Å²) in [5.41, 5.74) is 0.131. The van der Waals surface area contributed by atoms with Crippen LogP contribution in [0.15, 0.2) is 0 Å². The van der Waals surface area contributed by atoms with E-state index in [2.05, 4.69) is 31.1 Å². The van der Waals surface area contributed by atoms with Crippen LogP contribution in [0.25, 0.3) is 0 Å². The maximum Gasteiger partial charge on any atom is 0.0781 e. The first-order chi connectivity index (χ1) is 7.63. The zero-order valence-corrected chi connectivity index (χ0v) is 11.0. The van der Waals surface area contributed by atoms with E-state index in [-0.39, 0.29) is 5.60 Å².